The molecular weight excluding hydrogens is 266 g/mol. The van der Waals surface area contributed by atoms with Crippen LogP contribution in [0.5, 0.6) is 0 Å². The number of benzene rings is 1. The zero-order valence-corrected chi connectivity index (χ0v) is 12.4. The molecule has 0 saturated heterocycles. The summed E-state index contributed by atoms with van der Waals surface area (Å²) >= 11 is 0. The van der Waals surface area contributed by atoms with Crippen molar-refractivity contribution >= 4 is 21.8 Å². The predicted octanol–water partition coefficient (Wildman–Crippen LogP) is 0.672. The molecule has 0 aliphatic heterocycles. The van der Waals surface area contributed by atoms with Crippen molar-refractivity contribution in [3.05, 3.63) is 29.8 Å². The summed E-state index contributed by atoms with van der Waals surface area (Å²) < 4.78 is 25.6. The van der Waals surface area contributed by atoms with Gasteiger partial charge in [-0.2, -0.15) is 17.0 Å². The van der Waals surface area contributed by atoms with Crippen molar-refractivity contribution in [2.75, 3.05) is 33.0 Å². The Morgan fingerprint density at radius 3 is 2.32 bits per heavy atom. The van der Waals surface area contributed by atoms with Crippen molar-refractivity contribution in [1.82, 2.24) is 8.61 Å². The van der Waals surface area contributed by atoms with Gasteiger partial charge in [-0.15, -0.1) is 0 Å². The Bertz CT molecular complexity index is 555. The van der Waals surface area contributed by atoms with Crippen molar-refractivity contribution in [3.8, 4) is 0 Å². The van der Waals surface area contributed by atoms with Gasteiger partial charge in [-0.25, -0.2) is 0 Å². The molecule has 0 unspecified atom stereocenters. The van der Waals surface area contributed by atoms with Gasteiger partial charge in [0.05, 0.1) is 6.54 Å². The quantitative estimate of drug-likeness (QED) is 0.864. The Morgan fingerprint density at radius 1 is 1.21 bits per heavy atom. The molecule has 1 rings (SSSR count). The van der Waals surface area contributed by atoms with Crippen LogP contribution < -0.4 is 5.32 Å². The van der Waals surface area contributed by atoms with Crippen LogP contribution in [-0.4, -0.2) is 50.6 Å². The van der Waals surface area contributed by atoms with E-state index >= 15 is 0 Å². The maximum Gasteiger partial charge on any atom is 0.281 e. The van der Waals surface area contributed by atoms with E-state index in [2.05, 4.69) is 5.32 Å². The highest BCUT2D eigenvalue weighted by molar-refractivity contribution is 7.86. The summed E-state index contributed by atoms with van der Waals surface area (Å²) in [5.41, 5.74) is 1.61. The van der Waals surface area contributed by atoms with Gasteiger partial charge in [-0.05, 0) is 18.6 Å². The monoisotopic (exact) mass is 285 g/mol. The molecular formula is C12H19N3O3S. The van der Waals surface area contributed by atoms with E-state index in [-0.39, 0.29) is 12.5 Å². The second-order valence-corrected chi connectivity index (χ2v) is 6.66. The van der Waals surface area contributed by atoms with Gasteiger partial charge in [0.1, 0.15) is 0 Å². The molecule has 0 atom stereocenters. The fourth-order valence-electron chi connectivity index (χ4n) is 1.47. The minimum atomic E-state index is -3.57. The van der Waals surface area contributed by atoms with Crippen molar-refractivity contribution in [2.45, 2.75) is 6.92 Å². The third kappa shape index (κ3) is 4.02. The van der Waals surface area contributed by atoms with Gasteiger partial charge in [0.15, 0.2) is 0 Å². The van der Waals surface area contributed by atoms with E-state index in [4.69, 9.17) is 0 Å². The van der Waals surface area contributed by atoms with Crippen molar-refractivity contribution in [2.24, 2.45) is 0 Å². The van der Waals surface area contributed by atoms with Gasteiger partial charge in [0.25, 0.3) is 10.2 Å². The average molecular weight is 285 g/mol. The normalized spacial score (nSPS) is 11.9. The van der Waals surface area contributed by atoms with Crippen LogP contribution in [0.1, 0.15) is 5.56 Å². The maximum absolute atomic E-state index is 11.8. The highest BCUT2D eigenvalue weighted by atomic mass is 32.2. The number of hydrogen-bond acceptors (Lipinski definition) is 3. The number of para-hydroxylation sites is 1. The van der Waals surface area contributed by atoms with Crippen LogP contribution in [0.4, 0.5) is 5.69 Å². The van der Waals surface area contributed by atoms with Crippen LogP contribution in [0.2, 0.25) is 0 Å². The van der Waals surface area contributed by atoms with E-state index in [1.54, 1.807) is 6.07 Å². The molecule has 1 N–H and O–H groups in total. The lowest BCUT2D eigenvalue weighted by atomic mass is 10.2. The Morgan fingerprint density at radius 2 is 1.79 bits per heavy atom. The lowest BCUT2D eigenvalue weighted by Gasteiger charge is -2.21. The summed E-state index contributed by atoms with van der Waals surface area (Å²) in [4.78, 5) is 11.8. The molecule has 0 radical (unpaired) electrons. The molecule has 0 aliphatic rings. The number of aryl methyl sites for hydroxylation is 1. The van der Waals surface area contributed by atoms with Gasteiger partial charge in [0.2, 0.25) is 5.91 Å². The third-order valence-corrected chi connectivity index (χ3v) is 4.48. The minimum Gasteiger partial charge on any atom is -0.325 e. The molecule has 19 heavy (non-hydrogen) atoms. The van der Waals surface area contributed by atoms with E-state index in [0.29, 0.717) is 5.69 Å². The second-order valence-electron chi connectivity index (χ2n) is 4.41. The lowest BCUT2D eigenvalue weighted by Crippen LogP contribution is -2.41. The van der Waals surface area contributed by atoms with E-state index in [1.165, 1.54) is 21.1 Å². The summed E-state index contributed by atoms with van der Waals surface area (Å²) in [6.07, 6.45) is 0. The summed E-state index contributed by atoms with van der Waals surface area (Å²) in [6.45, 7) is 1.64. The molecule has 0 aliphatic carbocycles. The van der Waals surface area contributed by atoms with E-state index in [1.807, 2.05) is 25.1 Å². The summed E-state index contributed by atoms with van der Waals surface area (Å²) in [5.74, 6) is -0.373. The Hall–Kier alpha value is -1.44. The van der Waals surface area contributed by atoms with Gasteiger partial charge in [-0.3, -0.25) is 4.79 Å². The van der Waals surface area contributed by atoms with Crippen LogP contribution in [0, 0.1) is 6.92 Å². The number of nitrogens with zero attached hydrogens (tertiary/aromatic N) is 2. The first-order valence-corrected chi connectivity index (χ1v) is 7.14. The molecule has 1 aromatic rings. The van der Waals surface area contributed by atoms with Crippen molar-refractivity contribution in [3.63, 3.8) is 0 Å². The largest absolute Gasteiger partial charge is 0.325 e. The molecule has 0 spiro atoms. The fourth-order valence-corrected chi connectivity index (χ4v) is 2.30. The molecule has 106 valence electrons. The molecule has 6 nitrogen and oxygen atoms in total. The number of hydrogen-bond donors (Lipinski definition) is 1. The summed E-state index contributed by atoms with van der Waals surface area (Å²) in [7, 11) is 0.643. The number of anilines is 1. The van der Waals surface area contributed by atoms with Crippen molar-refractivity contribution in [1.29, 1.82) is 0 Å². The summed E-state index contributed by atoms with van der Waals surface area (Å²) in [6, 6.07) is 7.32. The molecule has 7 heteroatoms. The summed E-state index contributed by atoms with van der Waals surface area (Å²) in [5, 5.41) is 2.69. The minimum absolute atomic E-state index is 0.227. The van der Waals surface area contributed by atoms with Crippen LogP contribution in [0.25, 0.3) is 0 Å². The smallest absolute Gasteiger partial charge is 0.281 e. The number of likely N-dealkylation sites (N-methyl/N-ethyl adjacent to an activating group) is 1. The topological polar surface area (TPSA) is 69.7 Å². The molecule has 1 aromatic carbocycles. The Kier molecular flexibility index (Phi) is 5.04. The van der Waals surface area contributed by atoms with E-state index in [9.17, 15) is 13.2 Å². The maximum atomic E-state index is 11.8. The lowest BCUT2D eigenvalue weighted by molar-refractivity contribution is -0.116. The molecule has 0 heterocycles. The van der Waals surface area contributed by atoms with Gasteiger partial charge >= 0.3 is 0 Å². The first-order chi connectivity index (χ1) is 8.75. The van der Waals surface area contributed by atoms with Crippen LogP contribution in [0.15, 0.2) is 24.3 Å². The number of nitrogens with one attached hydrogen (secondary N) is 1. The molecule has 0 fully saturated rings. The van der Waals surface area contributed by atoms with E-state index < -0.39 is 10.2 Å². The number of amides is 1. The zero-order chi connectivity index (χ0) is 14.6. The zero-order valence-electron chi connectivity index (χ0n) is 11.5. The van der Waals surface area contributed by atoms with Gasteiger partial charge in [0, 0.05) is 26.8 Å². The standard InChI is InChI=1S/C12H19N3O3S/c1-10-7-5-6-8-11(10)13-12(16)9-15(4)19(17,18)14(2)3/h5-8H,9H2,1-4H3,(H,13,16). The fraction of sp³-hybridized carbons (Fsp3) is 0.417. The number of carbonyl (C=O) groups excluding carboxylic acids is 1. The molecule has 0 saturated carbocycles. The molecule has 0 bridgehead atoms. The first kappa shape index (κ1) is 15.6. The van der Waals surface area contributed by atoms with Crippen molar-refractivity contribution < 1.29 is 13.2 Å². The van der Waals surface area contributed by atoms with Crippen LogP contribution in [-0.2, 0) is 15.0 Å². The van der Waals surface area contributed by atoms with Gasteiger partial charge < -0.3 is 5.32 Å². The van der Waals surface area contributed by atoms with E-state index in [0.717, 1.165) is 14.2 Å². The number of carbonyl (C=O) groups is 1. The van der Waals surface area contributed by atoms with Crippen LogP contribution in [0.3, 0.4) is 0 Å². The molecule has 1 amide bonds. The number of rotatable bonds is 5. The average Bonchev–Trinajstić information content (AvgIpc) is 2.31. The second kappa shape index (κ2) is 6.14. The first-order valence-electron chi connectivity index (χ1n) is 5.74. The third-order valence-electron chi connectivity index (χ3n) is 2.64. The Balaban J connectivity index is 2.70. The van der Waals surface area contributed by atoms with Gasteiger partial charge in [-0.1, -0.05) is 18.2 Å². The van der Waals surface area contributed by atoms with Crippen LogP contribution >= 0.6 is 0 Å². The predicted molar refractivity (Wildman–Crippen MR) is 75.0 cm³/mol. The highest BCUT2D eigenvalue weighted by Gasteiger charge is 2.22. The SMILES string of the molecule is Cc1ccccc1NC(=O)CN(C)S(=O)(=O)N(C)C. The molecule has 0 aromatic heterocycles. The highest BCUT2D eigenvalue weighted by Crippen LogP contribution is 2.13. The Labute approximate surface area is 114 Å².